The summed E-state index contributed by atoms with van der Waals surface area (Å²) in [5.41, 5.74) is 1.21. The first-order valence-corrected chi connectivity index (χ1v) is 7.43. The molecule has 2 unspecified atom stereocenters. The van der Waals surface area contributed by atoms with Crippen LogP contribution in [-0.2, 0) is 5.41 Å². The maximum absolute atomic E-state index is 4.53. The van der Waals surface area contributed by atoms with Crippen LogP contribution in [0.15, 0.2) is 12.4 Å². The van der Waals surface area contributed by atoms with Crippen molar-refractivity contribution in [1.29, 1.82) is 0 Å². The molecule has 1 aromatic heterocycles. The van der Waals surface area contributed by atoms with Gasteiger partial charge in [-0.15, -0.1) is 0 Å². The Bertz CT molecular complexity index is 437. The summed E-state index contributed by atoms with van der Waals surface area (Å²) in [5, 5.41) is 0. The maximum Gasteiger partial charge on any atom is 0.133 e. The van der Waals surface area contributed by atoms with E-state index in [0.717, 1.165) is 18.9 Å². The molecular weight excluding hydrogens is 339 g/mol. The summed E-state index contributed by atoms with van der Waals surface area (Å²) in [5.74, 6) is 0.922. The van der Waals surface area contributed by atoms with Crippen LogP contribution in [0.1, 0.15) is 33.0 Å². The first kappa shape index (κ1) is 12.6. The Hall–Kier alpha value is -0.430. The smallest absolute Gasteiger partial charge is 0.133 e. The highest BCUT2D eigenvalue weighted by atomic mass is 127. The van der Waals surface area contributed by atoms with E-state index in [9.17, 15) is 0 Å². The number of piperazine rings is 1. The molecular formula is C13H19IN4. The number of hydrogen-bond acceptors (Lipinski definition) is 4. The van der Waals surface area contributed by atoms with E-state index in [1.165, 1.54) is 12.1 Å². The number of nitrogens with zero attached hydrogens (tertiary/aromatic N) is 4. The van der Waals surface area contributed by atoms with E-state index >= 15 is 0 Å². The van der Waals surface area contributed by atoms with Crippen LogP contribution >= 0.6 is 22.9 Å². The summed E-state index contributed by atoms with van der Waals surface area (Å²) in [7, 11) is 0. The van der Waals surface area contributed by atoms with Crippen molar-refractivity contribution in [2.24, 2.45) is 0 Å². The van der Waals surface area contributed by atoms with Gasteiger partial charge in [0.15, 0.2) is 0 Å². The van der Waals surface area contributed by atoms with Crippen LogP contribution in [0.25, 0.3) is 0 Å². The Morgan fingerprint density at radius 3 is 2.28 bits per heavy atom. The molecule has 4 nitrogen and oxygen atoms in total. The standard InChI is InChI=1S/C13H19IN4/c1-13(2,3)12-15-5-11(6-16-12)17-7-10-4-9(17)8-18(10)14/h5-6,9-10H,4,7-8H2,1-3H3. The first-order valence-electron chi connectivity index (χ1n) is 6.47. The van der Waals surface area contributed by atoms with Gasteiger partial charge in [0.05, 0.1) is 18.1 Å². The summed E-state index contributed by atoms with van der Waals surface area (Å²) in [6.45, 7) is 8.72. The molecule has 3 rings (SSSR count). The highest BCUT2D eigenvalue weighted by Gasteiger charge is 2.42. The lowest BCUT2D eigenvalue weighted by Crippen LogP contribution is -2.42. The summed E-state index contributed by atoms with van der Waals surface area (Å²) in [4.78, 5) is 11.5. The molecule has 2 atom stereocenters. The van der Waals surface area contributed by atoms with E-state index in [1.54, 1.807) is 0 Å². The van der Waals surface area contributed by atoms with Crippen LogP contribution < -0.4 is 4.90 Å². The van der Waals surface area contributed by atoms with E-state index in [1.807, 2.05) is 12.4 Å². The Kier molecular flexibility index (Phi) is 3.01. The Balaban J connectivity index is 1.79. The van der Waals surface area contributed by atoms with Crippen molar-refractivity contribution in [3.63, 3.8) is 0 Å². The van der Waals surface area contributed by atoms with Crippen molar-refractivity contribution in [3.05, 3.63) is 18.2 Å². The van der Waals surface area contributed by atoms with E-state index in [-0.39, 0.29) is 5.41 Å². The average molecular weight is 358 g/mol. The monoisotopic (exact) mass is 358 g/mol. The Labute approximate surface area is 122 Å². The van der Waals surface area contributed by atoms with Crippen molar-refractivity contribution >= 4 is 28.6 Å². The fourth-order valence-electron chi connectivity index (χ4n) is 2.79. The highest BCUT2D eigenvalue weighted by Crippen LogP contribution is 2.36. The van der Waals surface area contributed by atoms with Gasteiger partial charge in [-0.25, -0.2) is 13.1 Å². The average Bonchev–Trinajstić information content (AvgIpc) is 2.86. The molecule has 2 aliphatic rings. The Morgan fingerprint density at radius 2 is 1.83 bits per heavy atom. The van der Waals surface area contributed by atoms with Gasteiger partial charge in [-0.05, 0) is 6.42 Å². The summed E-state index contributed by atoms with van der Waals surface area (Å²) < 4.78 is 2.43. The van der Waals surface area contributed by atoms with Gasteiger partial charge < -0.3 is 4.90 Å². The third kappa shape index (κ3) is 2.11. The lowest BCUT2D eigenvalue weighted by atomic mass is 9.96. The zero-order valence-electron chi connectivity index (χ0n) is 11.1. The Morgan fingerprint density at radius 1 is 1.17 bits per heavy atom. The van der Waals surface area contributed by atoms with Gasteiger partial charge >= 0.3 is 0 Å². The quantitative estimate of drug-likeness (QED) is 0.570. The minimum absolute atomic E-state index is 0.0293. The van der Waals surface area contributed by atoms with Gasteiger partial charge in [0.25, 0.3) is 0 Å². The van der Waals surface area contributed by atoms with Crippen molar-refractivity contribution in [2.75, 3.05) is 18.0 Å². The van der Waals surface area contributed by atoms with Gasteiger partial charge in [-0.2, -0.15) is 0 Å². The molecule has 2 aliphatic heterocycles. The van der Waals surface area contributed by atoms with Crippen LogP contribution in [0, 0.1) is 0 Å². The highest BCUT2D eigenvalue weighted by molar-refractivity contribution is 14.1. The second-order valence-corrected chi connectivity index (χ2v) is 7.53. The molecule has 0 saturated carbocycles. The molecule has 3 heterocycles. The van der Waals surface area contributed by atoms with E-state index in [2.05, 4.69) is 61.6 Å². The van der Waals surface area contributed by atoms with Crippen LogP contribution in [0.4, 0.5) is 5.69 Å². The zero-order valence-corrected chi connectivity index (χ0v) is 13.3. The number of halogens is 1. The number of rotatable bonds is 1. The first-order chi connectivity index (χ1) is 8.45. The van der Waals surface area contributed by atoms with E-state index in [0.29, 0.717) is 12.1 Å². The minimum atomic E-state index is 0.0293. The molecule has 0 aromatic carbocycles. The summed E-state index contributed by atoms with van der Waals surface area (Å²) in [6.07, 6.45) is 5.27. The van der Waals surface area contributed by atoms with Crippen LogP contribution in [0.3, 0.4) is 0 Å². The number of aromatic nitrogens is 2. The van der Waals surface area contributed by atoms with Crippen LogP contribution in [0.2, 0.25) is 0 Å². The molecule has 18 heavy (non-hydrogen) atoms. The third-order valence-electron chi connectivity index (χ3n) is 3.81. The molecule has 1 aromatic rings. The topological polar surface area (TPSA) is 32.3 Å². The van der Waals surface area contributed by atoms with Gasteiger partial charge in [0.1, 0.15) is 5.82 Å². The normalized spacial score (nSPS) is 28.1. The minimum Gasteiger partial charge on any atom is -0.363 e. The third-order valence-corrected chi connectivity index (χ3v) is 5.00. The zero-order chi connectivity index (χ0) is 12.9. The van der Waals surface area contributed by atoms with Gasteiger partial charge in [-0.3, -0.25) is 0 Å². The fourth-order valence-corrected chi connectivity index (χ4v) is 3.65. The fraction of sp³-hybridized carbons (Fsp3) is 0.692. The lowest BCUT2D eigenvalue weighted by molar-refractivity contribution is 0.443. The summed E-state index contributed by atoms with van der Waals surface area (Å²) in [6, 6.07) is 1.36. The van der Waals surface area contributed by atoms with Crippen molar-refractivity contribution in [3.8, 4) is 0 Å². The molecule has 2 bridgehead atoms. The second kappa shape index (κ2) is 4.30. The molecule has 0 N–H and O–H groups in total. The SMILES string of the molecule is CC(C)(C)c1ncc(N2CC3CC2CN3I)cn1. The summed E-state index contributed by atoms with van der Waals surface area (Å²) >= 11 is 2.45. The molecule has 0 aliphatic carbocycles. The lowest BCUT2D eigenvalue weighted by Gasteiger charge is -2.32. The number of fused-ring (bicyclic) bond motifs is 2. The molecule has 5 heteroatoms. The largest absolute Gasteiger partial charge is 0.363 e. The molecule has 0 amide bonds. The van der Waals surface area contributed by atoms with E-state index in [4.69, 9.17) is 0 Å². The molecule has 2 fully saturated rings. The van der Waals surface area contributed by atoms with Gasteiger partial charge in [-0.1, -0.05) is 20.8 Å². The molecule has 0 spiro atoms. The predicted octanol–water partition coefficient (Wildman–Crippen LogP) is 2.39. The number of anilines is 1. The van der Waals surface area contributed by atoms with E-state index < -0.39 is 0 Å². The molecule has 98 valence electrons. The van der Waals surface area contributed by atoms with Crippen molar-refractivity contribution in [2.45, 2.75) is 44.7 Å². The molecule has 0 radical (unpaired) electrons. The van der Waals surface area contributed by atoms with Crippen LogP contribution in [0.5, 0.6) is 0 Å². The second-order valence-electron chi connectivity index (χ2n) is 6.29. The maximum atomic E-state index is 4.53. The van der Waals surface area contributed by atoms with Gasteiger partial charge in [0.2, 0.25) is 0 Å². The molecule has 2 saturated heterocycles. The number of hydrogen-bond donors (Lipinski definition) is 0. The van der Waals surface area contributed by atoms with Crippen molar-refractivity contribution < 1.29 is 0 Å². The predicted molar refractivity (Wildman–Crippen MR) is 81.0 cm³/mol. The van der Waals surface area contributed by atoms with Gasteiger partial charge in [0, 0.05) is 53.5 Å². The van der Waals surface area contributed by atoms with Crippen molar-refractivity contribution in [1.82, 2.24) is 13.1 Å². The van der Waals surface area contributed by atoms with Crippen LogP contribution in [-0.4, -0.2) is 38.3 Å².